The van der Waals surface area contributed by atoms with Crippen molar-refractivity contribution in [2.24, 2.45) is 5.92 Å². The molecule has 0 aliphatic heterocycles. The smallest absolute Gasteiger partial charge is 0.122 e. The second-order valence-corrected chi connectivity index (χ2v) is 4.87. The first-order chi connectivity index (χ1) is 8.17. The SMILES string of the molecule is CCNCc1occc1CN(CC)CC(C)C. The summed E-state index contributed by atoms with van der Waals surface area (Å²) in [6.07, 6.45) is 1.80. The molecule has 0 bridgehead atoms. The standard InChI is InChI=1S/C14H26N2O/c1-5-15-9-14-13(7-8-17-14)11-16(6-2)10-12(3)4/h7-8,12,15H,5-6,9-11H2,1-4H3. The molecule has 0 unspecified atom stereocenters. The molecule has 0 aliphatic rings. The van der Waals surface area contributed by atoms with Gasteiger partial charge in [0.2, 0.25) is 0 Å². The maximum Gasteiger partial charge on any atom is 0.122 e. The highest BCUT2D eigenvalue weighted by Crippen LogP contribution is 2.14. The average Bonchev–Trinajstić information content (AvgIpc) is 2.72. The second-order valence-electron chi connectivity index (χ2n) is 4.87. The monoisotopic (exact) mass is 238 g/mol. The van der Waals surface area contributed by atoms with Gasteiger partial charge in [-0.1, -0.05) is 27.7 Å². The molecule has 0 radical (unpaired) electrons. The van der Waals surface area contributed by atoms with Crippen LogP contribution in [0.5, 0.6) is 0 Å². The van der Waals surface area contributed by atoms with Crippen LogP contribution in [0.2, 0.25) is 0 Å². The first-order valence-corrected chi connectivity index (χ1v) is 6.65. The van der Waals surface area contributed by atoms with Crippen molar-refractivity contribution in [3.8, 4) is 0 Å². The fourth-order valence-corrected chi connectivity index (χ4v) is 1.96. The molecule has 1 aromatic rings. The minimum absolute atomic E-state index is 0.707. The number of hydrogen-bond acceptors (Lipinski definition) is 3. The van der Waals surface area contributed by atoms with E-state index in [4.69, 9.17) is 4.42 Å². The van der Waals surface area contributed by atoms with E-state index in [1.165, 1.54) is 5.56 Å². The molecule has 0 amide bonds. The zero-order valence-corrected chi connectivity index (χ0v) is 11.6. The minimum Gasteiger partial charge on any atom is -0.468 e. The summed E-state index contributed by atoms with van der Waals surface area (Å²) in [5, 5.41) is 3.31. The van der Waals surface area contributed by atoms with Gasteiger partial charge >= 0.3 is 0 Å². The first-order valence-electron chi connectivity index (χ1n) is 6.65. The van der Waals surface area contributed by atoms with Crippen molar-refractivity contribution in [1.29, 1.82) is 0 Å². The van der Waals surface area contributed by atoms with E-state index in [1.807, 2.05) is 0 Å². The van der Waals surface area contributed by atoms with Gasteiger partial charge in [0.15, 0.2) is 0 Å². The second kappa shape index (κ2) is 7.51. The van der Waals surface area contributed by atoms with Crippen molar-refractivity contribution in [1.82, 2.24) is 10.2 Å². The van der Waals surface area contributed by atoms with Crippen LogP contribution in [-0.4, -0.2) is 24.5 Å². The fraction of sp³-hybridized carbons (Fsp3) is 0.714. The van der Waals surface area contributed by atoms with Gasteiger partial charge in [0.05, 0.1) is 12.8 Å². The lowest BCUT2D eigenvalue weighted by atomic mass is 10.1. The van der Waals surface area contributed by atoms with Crippen LogP contribution in [0.3, 0.4) is 0 Å². The Labute approximate surface area is 105 Å². The molecular formula is C14H26N2O. The molecule has 3 heteroatoms. The molecule has 0 saturated carbocycles. The van der Waals surface area contributed by atoms with Crippen LogP contribution < -0.4 is 5.32 Å². The number of nitrogens with zero attached hydrogens (tertiary/aromatic N) is 1. The summed E-state index contributed by atoms with van der Waals surface area (Å²) in [5.41, 5.74) is 1.31. The van der Waals surface area contributed by atoms with E-state index in [0.29, 0.717) is 5.92 Å². The first kappa shape index (κ1) is 14.3. The summed E-state index contributed by atoms with van der Waals surface area (Å²) in [6.45, 7) is 13.9. The van der Waals surface area contributed by atoms with Crippen LogP contribution in [0.1, 0.15) is 39.0 Å². The van der Waals surface area contributed by atoms with E-state index in [2.05, 4.69) is 44.0 Å². The van der Waals surface area contributed by atoms with Crippen molar-refractivity contribution in [3.63, 3.8) is 0 Å². The Hall–Kier alpha value is -0.800. The summed E-state index contributed by atoms with van der Waals surface area (Å²) in [7, 11) is 0. The van der Waals surface area contributed by atoms with Crippen molar-refractivity contribution in [2.45, 2.75) is 40.8 Å². The van der Waals surface area contributed by atoms with Gasteiger partial charge in [-0.25, -0.2) is 0 Å². The van der Waals surface area contributed by atoms with Gasteiger partial charge in [0.25, 0.3) is 0 Å². The van der Waals surface area contributed by atoms with Gasteiger partial charge in [-0.2, -0.15) is 0 Å². The lowest BCUT2D eigenvalue weighted by Crippen LogP contribution is -2.27. The maximum atomic E-state index is 5.53. The molecular weight excluding hydrogens is 212 g/mol. The molecule has 98 valence electrons. The summed E-state index contributed by atoms with van der Waals surface area (Å²) in [5.74, 6) is 1.79. The Morgan fingerprint density at radius 1 is 1.35 bits per heavy atom. The van der Waals surface area contributed by atoms with Gasteiger partial charge in [-0.15, -0.1) is 0 Å². The van der Waals surface area contributed by atoms with Crippen LogP contribution in [0, 0.1) is 5.92 Å². The lowest BCUT2D eigenvalue weighted by Gasteiger charge is -2.22. The van der Waals surface area contributed by atoms with E-state index in [1.54, 1.807) is 6.26 Å². The van der Waals surface area contributed by atoms with Crippen LogP contribution in [0.25, 0.3) is 0 Å². The molecule has 0 aliphatic carbocycles. The van der Waals surface area contributed by atoms with E-state index in [0.717, 1.165) is 38.5 Å². The van der Waals surface area contributed by atoms with Crippen LogP contribution in [0.4, 0.5) is 0 Å². The van der Waals surface area contributed by atoms with Crippen molar-refractivity contribution in [2.75, 3.05) is 19.6 Å². The largest absolute Gasteiger partial charge is 0.468 e. The Kier molecular flexibility index (Phi) is 6.30. The third-order valence-electron chi connectivity index (χ3n) is 2.84. The summed E-state index contributed by atoms with van der Waals surface area (Å²) in [6, 6.07) is 2.09. The van der Waals surface area contributed by atoms with E-state index in [9.17, 15) is 0 Å². The number of hydrogen-bond donors (Lipinski definition) is 1. The van der Waals surface area contributed by atoms with E-state index >= 15 is 0 Å². The quantitative estimate of drug-likeness (QED) is 0.755. The molecule has 17 heavy (non-hydrogen) atoms. The van der Waals surface area contributed by atoms with Gasteiger partial charge in [0.1, 0.15) is 5.76 Å². The highest BCUT2D eigenvalue weighted by Gasteiger charge is 2.11. The zero-order chi connectivity index (χ0) is 12.7. The minimum atomic E-state index is 0.707. The normalized spacial score (nSPS) is 11.6. The molecule has 1 heterocycles. The number of rotatable bonds is 8. The van der Waals surface area contributed by atoms with Gasteiger partial charge in [-0.05, 0) is 25.1 Å². The predicted molar refractivity (Wildman–Crippen MR) is 71.9 cm³/mol. The van der Waals surface area contributed by atoms with Crippen LogP contribution in [-0.2, 0) is 13.1 Å². The van der Waals surface area contributed by atoms with Gasteiger partial charge in [0, 0.05) is 18.7 Å². The lowest BCUT2D eigenvalue weighted by molar-refractivity contribution is 0.246. The third-order valence-corrected chi connectivity index (χ3v) is 2.84. The fourth-order valence-electron chi connectivity index (χ4n) is 1.96. The molecule has 0 fully saturated rings. The highest BCUT2D eigenvalue weighted by molar-refractivity contribution is 5.16. The van der Waals surface area contributed by atoms with Crippen LogP contribution >= 0.6 is 0 Å². The molecule has 1 N–H and O–H groups in total. The zero-order valence-electron chi connectivity index (χ0n) is 11.6. The Balaban J connectivity index is 2.56. The Bertz CT molecular complexity index is 307. The van der Waals surface area contributed by atoms with Gasteiger partial charge < -0.3 is 9.73 Å². The Morgan fingerprint density at radius 3 is 2.71 bits per heavy atom. The molecule has 0 atom stereocenters. The third kappa shape index (κ3) is 4.92. The molecule has 0 spiro atoms. The highest BCUT2D eigenvalue weighted by atomic mass is 16.3. The van der Waals surface area contributed by atoms with Gasteiger partial charge in [-0.3, -0.25) is 4.90 Å². The average molecular weight is 238 g/mol. The summed E-state index contributed by atoms with van der Waals surface area (Å²) < 4.78 is 5.53. The van der Waals surface area contributed by atoms with E-state index in [-0.39, 0.29) is 0 Å². The summed E-state index contributed by atoms with van der Waals surface area (Å²) >= 11 is 0. The van der Waals surface area contributed by atoms with Crippen LogP contribution in [0.15, 0.2) is 16.7 Å². The maximum absolute atomic E-state index is 5.53. The van der Waals surface area contributed by atoms with Crippen molar-refractivity contribution >= 4 is 0 Å². The molecule has 3 nitrogen and oxygen atoms in total. The topological polar surface area (TPSA) is 28.4 Å². The van der Waals surface area contributed by atoms with Crippen molar-refractivity contribution in [3.05, 3.63) is 23.7 Å². The molecule has 0 aromatic carbocycles. The number of nitrogens with one attached hydrogen (secondary N) is 1. The molecule has 1 aromatic heterocycles. The predicted octanol–water partition coefficient (Wildman–Crippen LogP) is 2.87. The Morgan fingerprint density at radius 2 is 2.12 bits per heavy atom. The molecule has 1 rings (SSSR count). The number of furan rings is 1. The van der Waals surface area contributed by atoms with Crippen molar-refractivity contribution < 1.29 is 4.42 Å². The summed E-state index contributed by atoms with van der Waals surface area (Å²) in [4.78, 5) is 2.46. The molecule has 0 saturated heterocycles. The van der Waals surface area contributed by atoms with E-state index < -0.39 is 0 Å².